The van der Waals surface area contributed by atoms with Crippen LogP contribution in [0, 0.1) is 10.1 Å². The number of benzene rings is 2. The fourth-order valence-corrected chi connectivity index (χ4v) is 2.47. The Labute approximate surface area is 129 Å². The summed E-state index contributed by atoms with van der Waals surface area (Å²) in [6.45, 7) is 0.537. The first-order chi connectivity index (χ1) is 10.0. The highest BCUT2D eigenvalue weighted by molar-refractivity contribution is 6.33. The molecule has 0 aliphatic carbocycles. The maximum absolute atomic E-state index is 10.9. The average Bonchev–Trinajstić information content (AvgIpc) is 2.82. The van der Waals surface area contributed by atoms with Gasteiger partial charge in [-0.25, -0.2) is 0 Å². The van der Waals surface area contributed by atoms with Gasteiger partial charge in [-0.3, -0.25) is 14.8 Å². The number of aromatic nitrogens is 2. The van der Waals surface area contributed by atoms with Crippen molar-refractivity contribution in [2.24, 2.45) is 0 Å². The van der Waals surface area contributed by atoms with Crippen LogP contribution in [0.25, 0.3) is 10.9 Å². The van der Waals surface area contributed by atoms with Crippen molar-refractivity contribution >= 4 is 39.8 Å². The molecule has 0 aliphatic heterocycles. The van der Waals surface area contributed by atoms with Crippen LogP contribution in [0.5, 0.6) is 0 Å². The zero-order chi connectivity index (χ0) is 15.0. The van der Waals surface area contributed by atoms with E-state index in [2.05, 4.69) is 5.10 Å². The van der Waals surface area contributed by atoms with E-state index in [1.807, 2.05) is 12.1 Å². The fraction of sp³-hybridized carbons (Fsp3) is 0.0714. The van der Waals surface area contributed by atoms with Gasteiger partial charge in [-0.15, -0.1) is 0 Å². The average molecular weight is 322 g/mol. The summed E-state index contributed by atoms with van der Waals surface area (Å²) in [5.41, 5.74) is 1.66. The summed E-state index contributed by atoms with van der Waals surface area (Å²) in [6.07, 6.45) is 1.59. The van der Waals surface area contributed by atoms with Gasteiger partial charge >= 0.3 is 0 Å². The minimum absolute atomic E-state index is 0.102. The predicted octanol–water partition coefficient (Wildman–Crippen LogP) is 4.30. The summed E-state index contributed by atoms with van der Waals surface area (Å²) in [4.78, 5) is 10.4. The van der Waals surface area contributed by atoms with Crippen molar-refractivity contribution in [3.8, 4) is 0 Å². The standard InChI is InChI=1S/C14H9Cl2N3O2/c15-11-3-1-9(2-4-11)8-18-13-6-12(16)14(19(20)21)5-10(13)7-17-18/h1-7H,8H2. The normalized spacial score (nSPS) is 11.0. The van der Waals surface area contributed by atoms with Crippen LogP contribution in [0.1, 0.15) is 5.56 Å². The van der Waals surface area contributed by atoms with Crippen LogP contribution in [-0.2, 0) is 6.54 Å². The first kappa shape index (κ1) is 13.9. The molecule has 7 heteroatoms. The zero-order valence-electron chi connectivity index (χ0n) is 10.7. The van der Waals surface area contributed by atoms with Crippen LogP contribution in [0.15, 0.2) is 42.6 Å². The third-order valence-electron chi connectivity index (χ3n) is 3.15. The van der Waals surface area contributed by atoms with Crippen LogP contribution < -0.4 is 0 Å². The van der Waals surface area contributed by atoms with Crippen LogP contribution in [0.4, 0.5) is 5.69 Å². The molecule has 3 aromatic rings. The Morgan fingerprint density at radius 2 is 1.90 bits per heavy atom. The van der Waals surface area contributed by atoms with E-state index in [0.29, 0.717) is 17.0 Å². The molecule has 0 bridgehead atoms. The van der Waals surface area contributed by atoms with E-state index >= 15 is 0 Å². The van der Waals surface area contributed by atoms with Crippen molar-refractivity contribution < 1.29 is 4.92 Å². The molecule has 1 heterocycles. The molecule has 21 heavy (non-hydrogen) atoms. The fourth-order valence-electron chi connectivity index (χ4n) is 2.12. The molecule has 0 radical (unpaired) electrons. The Hall–Kier alpha value is -2.11. The summed E-state index contributed by atoms with van der Waals surface area (Å²) in [6, 6.07) is 10.4. The second-order valence-electron chi connectivity index (χ2n) is 4.55. The Balaban J connectivity index is 2.02. The second kappa shape index (κ2) is 5.35. The van der Waals surface area contributed by atoms with Crippen molar-refractivity contribution in [1.82, 2.24) is 9.78 Å². The number of hydrogen-bond acceptors (Lipinski definition) is 3. The molecule has 0 saturated heterocycles. The van der Waals surface area contributed by atoms with Gasteiger partial charge in [0.15, 0.2) is 0 Å². The molecule has 0 atom stereocenters. The maximum atomic E-state index is 10.9. The largest absolute Gasteiger partial charge is 0.288 e. The van der Waals surface area contributed by atoms with Gasteiger partial charge in [0, 0.05) is 16.5 Å². The molecule has 0 N–H and O–H groups in total. The van der Waals surface area contributed by atoms with Crippen molar-refractivity contribution in [1.29, 1.82) is 0 Å². The molecule has 2 aromatic carbocycles. The zero-order valence-corrected chi connectivity index (χ0v) is 12.2. The minimum Gasteiger partial charge on any atom is -0.260 e. The molecular formula is C14H9Cl2N3O2. The van der Waals surface area contributed by atoms with Gasteiger partial charge in [0.1, 0.15) is 5.02 Å². The topological polar surface area (TPSA) is 61.0 Å². The summed E-state index contributed by atoms with van der Waals surface area (Å²) in [5, 5.41) is 16.6. The Bertz CT molecular complexity index is 828. The maximum Gasteiger partial charge on any atom is 0.288 e. The van der Waals surface area contributed by atoms with Crippen LogP contribution in [0.2, 0.25) is 10.0 Å². The third-order valence-corrected chi connectivity index (χ3v) is 3.71. The summed E-state index contributed by atoms with van der Waals surface area (Å²) < 4.78 is 1.74. The SMILES string of the molecule is O=[N+]([O-])c1cc2cnn(Cc3ccc(Cl)cc3)c2cc1Cl. The third kappa shape index (κ3) is 2.70. The number of nitrogens with zero attached hydrogens (tertiary/aromatic N) is 3. The number of nitro benzene ring substituents is 1. The Morgan fingerprint density at radius 1 is 1.19 bits per heavy atom. The van der Waals surface area contributed by atoms with E-state index < -0.39 is 4.92 Å². The van der Waals surface area contributed by atoms with E-state index in [1.54, 1.807) is 29.1 Å². The minimum atomic E-state index is -0.502. The summed E-state index contributed by atoms with van der Waals surface area (Å²) in [7, 11) is 0. The van der Waals surface area contributed by atoms with Gasteiger partial charge in [0.25, 0.3) is 5.69 Å². The molecule has 1 aromatic heterocycles. The predicted molar refractivity (Wildman–Crippen MR) is 82.0 cm³/mol. The lowest BCUT2D eigenvalue weighted by molar-refractivity contribution is -0.384. The van der Waals surface area contributed by atoms with Gasteiger partial charge < -0.3 is 0 Å². The number of hydrogen-bond donors (Lipinski definition) is 0. The van der Waals surface area contributed by atoms with Crippen LogP contribution in [0.3, 0.4) is 0 Å². The van der Waals surface area contributed by atoms with Crippen molar-refractivity contribution in [2.75, 3.05) is 0 Å². The molecule has 106 valence electrons. The van der Waals surface area contributed by atoms with Gasteiger partial charge in [-0.1, -0.05) is 35.3 Å². The Kier molecular flexibility index (Phi) is 3.53. The lowest BCUT2D eigenvalue weighted by atomic mass is 10.2. The van der Waals surface area contributed by atoms with Gasteiger partial charge in [0.05, 0.1) is 23.2 Å². The number of rotatable bonds is 3. The molecule has 0 saturated carbocycles. The monoisotopic (exact) mass is 321 g/mol. The van der Waals surface area contributed by atoms with E-state index in [1.165, 1.54) is 6.07 Å². The first-order valence-corrected chi connectivity index (χ1v) is 6.84. The smallest absolute Gasteiger partial charge is 0.260 e. The van der Waals surface area contributed by atoms with E-state index in [9.17, 15) is 10.1 Å². The van der Waals surface area contributed by atoms with E-state index in [0.717, 1.165) is 11.1 Å². The molecule has 0 fully saturated rings. The Morgan fingerprint density at radius 3 is 2.57 bits per heavy atom. The van der Waals surface area contributed by atoms with E-state index in [4.69, 9.17) is 23.2 Å². The van der Waals surface area contributed by atoms with Crippen molar-refractivity contribution in [3.05, 3.63) is 68.3 Å². The molecule has 0 amide bonds. The number of nitro groups is 1. The highest BCUT2D eigenvalue weighted by Crippen LogP contribution is 2.30. The number of fused-ring (bicyclic) bond motifs is 1. The summed E-state index contributed by atoms with van der Waals surface area (Å²) in [5.74, 6) is 0. The molecule has 0 unspecified atom stereocenters. The van der Waals surface area contributed by atoms with Crippen LogP contribution >= 0.6 is 23.2 Å². The quantitative estimate of drug-likeness (QED) is 0.533. The molecule has 0 spiro atoms. The first-order valence-electron chi connectivity index (χ1n) is 6.08. The van der Waals surface area contributed by atoms with Crippen molar-refractivity contribution in [2.45, 2.75) is 6.54 Å². The molecule has 3 rings (SSSR count). The van der Waals surface area contributed by atoms with Gasteiger partial charge in [-0.2, -0.15) is 5.10 Å². The van der Waals surface area contributed by atoms with E-state index in [-0.39, 0.29) is 10.7 Å². The molecule has 5 nitrogen and oxygen atoms in total. The van der Waals surface area contributed by atoms with Crippen LogP contribution in [-0.4, -0.2) is 14.7 Å². The summed E-state index contributed by atoms with van der Waals surface area (Å²) >= 11 is 11.8. The second-order valence-corrected chi connectivity index (χ2v) is 5.39. The lowest BCUT2D eigenvalue weighted by Gasteiger charge is -2.04. The molecule has 0 aliphatic rings. The highest BCUT2D eigenvalue weighted by Gasteiger charge is 2.15. The van der Waals surface area contributed by atoms with Crippen molar-refractivity contribution in [3.63, 3.8) is 0 Å². The van der Waals surface area contributed by atoms with Gasteiger partial charge in [0.2, 0.25) is 0 Å². The highest BCUT2D eigenvalue weighted by atomic mass is 35.5. The lowest BCUT2D eigenvalue weighted by Crippen LogP contribution is -2.01. The van der Waals surface area contributed by atoms with Gasteiger partial charge in [-0.05, 0) is 23.8 Å². The molecular weight excluding hydrogens is 313 g/mol. The number of halogens is 2.